The number of hydrogen-bond donors (Lipinski definition) is 0. The molecule has 0 unspecified atom stereocenters. The van der Waals surface area contributed by atoms with Gasteiger partial charge in [-0.2, -0.15) is 21.6 Å². The van der Waals surface area contributed by atoms with Crippen LogP contribution in [0, 0.1) is 0 Å². The summed E-state index contributed by atoms with van der Waals surface area (Å²) in [4.78, 5) is 1.37. The van der Waals surface area contributed by atoms with Gasteiger partial charge >= 0.3 is 21.6 Å². The lowest BCUT2D eigenvalue weighted by molar-refractivity contribution is -0.0436. The van der Waals surface area contributed by atoms with E-state index in [0.29, 0.717) is 0 Å². The first-order valence-electron chi connectivity index (χ1n) is 5.76. The van der Waals surface area contributed by atoms with Crippen molar-refractivity contribution in [2.45, 2.75) is 52.2 Å². The first-order chi connectivity index (χ1) is 8.44. The summed E-state index contributed by atoms with van der Waals surface area (Å²) in [5, 5.41) is 0. The van der Waals surface area contributed by atoms with E-state index in [1.165, 1.54) is 11.8 Å². The van der Waals surface area contributed by atoms with E-state index in [-0.39, 0.29) is 18.7 Å². The Labute approximate surface area is 111 Å². The lowest BCUT2D eigenvalue weighted by atomic mass is 10.2. The van der Waals surface area contributed by atoms with Crippen molar-refractivity contribution in [2.24, 2.45) is 4.40 Å². The summed E-state index contributed by atoms with van der Waals surface area (Å²) in [7, 11) is -5.61. The first-order valence-corrected chi connectivity index (χ1v) is 7.20. The van der Waals surface area contributed by atoms with Crippen molar-refractivity contribution < 1.29 is 26.3 Å². The van der Waals surface area contributed by atoms with Crippen molar-refractivity contribution in [1.82, 2.24) is 4.90 Å². The van der Waals surface area contributed by atoms with Crippen LogP contribution in [-0.4, -0.2) is 43.5 Å². The first kappa shape index (κ1) is 18.0. The molecule has 0 aliphatic rings. The summed E-state index contributed by atoms with van der Waals surface area (Å²) < 4.78 is 66.9. The SMILES string of the molecule is CCOC(=NS(=O)(=O)C(F)(F)F)N(C(C)C)C(C)C. The zero-order valence-corrected chi connectivity index (χ0v) is 12.3. The Hall–Kier alpha value is -0.990. The van der Waals surface area contributed by atoms with Crippen LogP contribution >= 0.6 is 0 Å². The molecule has 0 aromatic carbocycles. The van der Waals surface area contributed by atoms with Crippen molar-refractivity contribution in [3.05, 3.63) is 0 Å². The maximum Gasteiger partial charge on any atom is 0.518 e. The monoisotopic (exact) mass is 304 g/mol. The number of amidine groups is 1. The van der Waals surface area contributed by atoms with Gasteiger partial charge in [0.05, 0.1) is 6.61 Å². The molecule has 0 heterocycles. The lowest BCUT2D eigenvalue weighted by Gasteiger charge is -2.32. The smallest absolute Gasteiger partial charge is 0.465 e. The summed E-state index contributed by atoms with van der Waals surface area (Å²) in [5.74, 6) is 0. The Balaban J connectivity index is 5.67. The third-order valence-electron chi connectivity index (χ3n) is 2.10. The van der Waals surface area contributed by atoms with Gasteiger partial charge in [0.15, 0.2) is 0 Å². The van der Waals surface area contributed by atoms with Gasteiger partial charge < -0.3 is 9.64 Å². The zero-order chi connectivity index (χ0) is 15.4. The summed E-state index contributed by atoms with van der Waals surface area (Å²) >= 11 is 0. The molecule has 0 radical (unpaired) electrons. The van der Waals surface area contributed by atoms with Crippen LogP contribution in [0.4, 0.5) is 13.2 Å². The molecule has 114 valence electrons. The molecule has 0 spiro atoms. The molecule has 0 fully saturated rings. The van der Waals surface area contributed by atoms with E-state index in [1.807, 2.05) is 0 Å². The molecule has 0 bridgehead atoms. The van der Waals surface area contributed by atoms with Crippen LogP contribution in [0.25, 0.3) is 0 Å². The number of halogens is 3. The van der Waals surface area contributed by atoms with E-state index in [2.05, 4.69) is 4.40 Å². The Bertz CT molecular complexity index is 408. The van der Waals surface area contributed by atoms with Crippen molar-refractivity contribution >= 4 is 16.0 Å². The maximum atomic E-state index is 12.3. The number of rotatable bonds is 4. The standard InChI is InChI=1S/C10H19F3N2O3S/c1-6-18-9(15(7(2)3)8(4)5)14-19(16,17)10(11,12)13/h7-8H,6H2,1-5H3. The van der Waals surface area contributed by atoms with Crippen LogP contribution < -0.4 is 0 Å². The highest BCUT2D eigenvalue weighted by atomic mass is 32.2. The number of sulfonamides is 1. The molecule has 0 saturated carbocycles. The molecule has 0 amide bonds. The highest BCUT2D eigenvalue weighted by molar-refractivity contribution is 7.91. The molecule has 0 aliphatic carbocycles. The fraction of sp³-hybridized carbons (Fsp3) is 0.900. The molecular formula is C10H19F3N2O3S. The van der Waals surface area contributed by atoms with Gasteiger partial charge in [0, 0.05) is 12.1 Å². The molecule has 0 aliphatic heterocycles. The van der Waals surface area contributed by atoms with E-state index >= 15 is 0 Å². The number of hydrogen-bond acceptors (Lipinski definition) is 3. The molecule has 0 atom stereocenters. The van der Waals surface area contributed by atoms with Crippen molar-refractivity contribution in [3.63, 3.8) is 0 Å². The summed E-state index contributed by atoms with van der Waals surface area (Å²) in [6, 6.07) is -1.05. The van der Waals surface area contributed by atoms with Gasteiger partial charge in [-0.05, 0) is 34.6 Å². The Morgan fingerprint density at radius 1 is 1.21 bits per heavy atom. The molecule has 5 nitrogen and oxygen atoms in total. The largest absolute Gasteiger partial charge is 0.518 e. The Morgan fingerprint density at radius 3 is 1.89 bits per heavy atom. The van der Waals surface area contributed by atoms with Gasteiger partial charge in [0.25, 0.3) is 0 Å². The maximum absolute atomic E-state index is 12.3. The summed E-state index contributed by atoms with van der Waals surface area (Å²) in [5.41, 5.74) is -5.44. The minimum atomic E-state index is -5.61. The van der Waals surface area contributed by atoms with Crippen LogP contribution in [0.15, 0.2) is 4.40 Å². The van der Waals surface area contributed by atoms with E-state index < -0.39 is 21.6 Å². The molecular weight excluding hydrogens is 285 g/mol. The predicted octanol–water partition coefficient (Wildman–Crippen LogP) is 2.35. The number of ether oxygens (including phenoxy) is 1. The molecule has 9 heteroatoms. The van der Waals surface area contributed by atoms with Crippen LogP contribution in [0.5, 0.6) is 0 Å². The topological polar surface area (TPSA) is 59.0 Å². The van der Waals surface area contributed by atoms with Gasteiger partial charge in [-0.1, -0.05) is 0 Å². The molecule has 19 heavy (non-hydrogen) atoms. The second kappa shape index (κ2) is 6.44. The summed E-state index contributed by atoms with van der Waals surface area (Å²) in [6.45, 7) is 8.36. The number of alkyl halides is 3. The van der Waals surface area contributed by atoms with Gasteiger partial charge in [0.1, 0.15) is 0 Å². The predicted molar refractivity (Wildman–Crippen MR) is 66.1 cm³/mol. The summed E-state index contributed by atoms with van der Waals surface area (Å²) in [6.07, 6.45) is 0. The van der Waals surface area contributed by atoms with Crippen LogP contribution in [0.3, 0.4) is 0 Å². The second-order valence-corrected chi connectivity index (χ2v) is 5.92. The average Bonchev–Trinajstić information content (AvgIpc) is 2.13. The van der Waals surface area contributed by atoms with Gasteiger partial charge in [0.2, 0.25) is 0 Å². The molecule has 0 rings (SSSR count). The fourth-order valence-corrected chi connectivity index (χ4v) is 1.93. The zero-order valence-electron chi connectivity index (χ0n) is 11.5. The third-order valence-corrected chi connectivity index (χ3v) is 3.08. The highest BCUT2D eigenvalue weighted by Gasteiger charge is 2.47. The highest BCUT2D eigenvalue weighted by Crippen LogP contribution is 2.25. The lowest BCUT2D eigenvalue weighted by Crippen LogP contribution is -2.44. The molecule has 0 N–H and O–H groups in total. The van der Waals surface area contributed by atoms with Crippen LogP contribution in [0.1, 0.15) is 34.6 Å². The van der Waals surface area contributed by atoms with E-state index in [4.69, 9.17) is 4.74 Å². The quantitative estimate of drug-likeness (QED) is 0.591. The van der Waals surface area contributed by atoms with E-state index in [9.17, 15) is 21.6 Å². The Morgan fingerprint density at radius 2 is 1.63 bits per heavy atom. The third kappa shape index (κ3) is 4.88. The van der Waals surface area contributed by atoms with Crippen molar-refractivity contribution in [1.29, 1.82) is 0 Å². The fourth-order valence-electron chi connectivity index (χ4n) is 1.47. The van der Waals surface area contributed by atoms with Gasteiger partial charge in [-0.25, -0.2) is 0 Å². The van der Waals surface area contributed by atoms with Crippen LogP contribution in [0.2, 0.25) is 0 Å². The van der Waals surface area contributed by atoms with E-state index in [1.54, 1.807) is 27.7 Å². The van der Waals surface area contributed by atoms with Crippen molar-refractivity contribution in [2.75, 3.05) is 6.61 Å². The van der Waals surface area contributed by atoms with Crippen LogP contribution in [-0.2, 0) is 14.8 Å². The Kier molecular flexibility index (Phi) is 6.11. The minimum Gasteiger partial charge on any atom is -0.465 e. The van der Waals surface area contributed by atoms with Gasteiger partial charge in [-0.15, -0.1) is 4.40 Å². The second-order valence-electron chi connectivity index (χ2n) is 4.32. The molecule has 0 aromatic heterocycles. The average molecular weight is 304 g/mol. The molecule has 0 saturated heterocycles. The molecule has 0 aromatic rings. The minimum absolute atomic E-state index is 0.0160. The number of nitrogens with zero attached hydrogens (tertiary/aromatic N) is 2. The van der Waals surface area contributed by atoms with E-state index in [0.717, 1.165) is 0 Å². The normalized spacial score (nSPS) is 14.1. The van der Waals surface area contributed by atoms with Gasteiger partial charge in [-0.3, -0.25) is 0 Å². The van der Waals surface area contributed by atoms with Crippen molar-refractivity contribution in [3.8, 4) is 0 Å².